The fourth-order valence-electron chi connectivity index (χ4n) is 1.65. The van der Waals surface area contributed by atoms with Gasteiger partial charge in [-0.25, -0.2) is 0 Å². The molecule has 1 saturated carbocycles. The Balaban J connectivity index is 1.85. The molecule has 15 heavy (non-hydrogen) atoms. The van der Waals surface area contributed by atoms with E-state index in [1.807, 2.05) is 0 Å². The van der Waals surface area contributed by atoms with Crippen LogP contribution in [0.25, 0.3) is 10.4 Å². The third-order valence-corrected chi connectivity index (χ3v) is 3.41. The van der Waals surface area contributed by atoms with E-state index in [1.165, 1.54) is 17.7 Å². The molecule has 1 aromatic rings. The first-order chi connectivity index (χ1) is 7.40. The molecule has 0 N–H and O–H groups in total. The second-order valence-corrected chi connectivity index (χ2v) is 4.77. The highest BCUT2D eigenvalue weighted by Gasteiger charge is 2.28. The first kappa shape index (κ1) is 10.5. The molecule has 0 bridgehead atoms. The Morgan fingerprint density at radius 3 is 3.07 bits per heavy atom. The lowest BCUT2D eigenvalue weighted by atomic mass is 10.4. The van der Waals surface area contributed by atoms with Gasteiger partial charge in [-0.15, -0.1) is 11.3 Å². The highest BCUT2D eigenvalue weighted by atomic mass is 32.1. The summed E-state index contributed by atoms with van der Waals surface area (Å²) in [5.74, 6) is 0. The van der Waals surface area contributed by atoms with Gasteiger partial charge in [0.1, 0.15) is 0 Å². The van der Waals surface area contributed by atoms with Crippen molar-refractivity contribution < 1.29 is 0 Å². The molecule has 0 radical (unpaired) electrons. The van der Waals surface area contributed by atoms with Gasteiger partial charge in [0.25, 0.3) is 0 Å². The zero-order valence-electron chi connectivity index (χ0n) is 8.54. The molecule has 2 rings (SSSR count). The third-order valence-electron chi connectivity index (χ3n) is 2.55. The van der Waals surface area contributed by atoms with Crippen LogP contribution in [0.15, 0.2) is 22.6 Å². The van der Waals surface area contributed by atoms with Crippen molar-refractivity contribution in [2.45, 2.75) is 25.4 Å². The molecule has 5 heteroatoms. The highest BCUT2D eigenvalue weighted by Crippen LogP contribution is 2.28. The van der Waals surface area contributed by atoms with Gasteiger partial charge in [-0.05, 0) is 29.8 Å². The predicted octanol–water partition coefficient (Wildman–Crippen LogP) is 3.02. The molecule has 0 unspecified atom stereocenters. The monoisotopic (exact) mass is 222 g/mol. The van der Waals surface area contributed by atoms with E-state index in [4.69, 9.17) is 5.53 Å². The van der Waals surface area contributed by atoms with Crippen LogP contribution in [0.1, 0.15) is 17.7 Å². The van der Waals surface area contributed by atoms with Gasteiger partial charge in [0.15, 0.2) is 0 Å². The maximum atomic E-state index is 8.23. The molecule has 80 valence electrons. The summed E-state index contributed by atoms with van der Waals surface area (Å²) in [4.78, 5) is 6.59. The zero-order chi connectivity index (χ0) is 10.5. The molecule has 4 nitrogen and oxygen atoms in total. The maximum absolute atomic E-state index is 8.23. The Morgan fingerprint density at radius 1 is 1.60 bits per heavy atom. The van der Waals surface area contributed by atoms with Crippen molar-refractivity contribution in [3.8, 4) is 0 Å². The van der Waals surface area contributed by atoms with Crippen molar-refractivity contribution in [1.29, 1.82) is 0 Å². The number of azide groups is 1. The molecule has 1 fully saturated rings. The second kappa shape index (κ2) is 5.16. The van der Waals surface area contributed by atoms with Gasteiger partial charge in [-0.3, -0.25) is 4.90 Å². The first-order valence-electron chi connectivity index (χ1n) is 5.17. The van der Waals surface area contributed by atoms with Crippen LogP contribution in [0.3, 0.4) is 0 Å². The molecule has 0 atom stereocenters. The molecule has 0 amide bonds. The minimum Gasteiger partial charge on any atom is -0.295 e. The third kappa shape index (κ3) is 3.23. The van der Waals surface area contributed by atoms with E-state index >= 15 is 0 Å². The average Bonchev–Trinajstić information content (AvgIpc) is 2.97. The Hall–Kier alpha value is -1.03. The number of hydrogen-bond acceptors (Lipinski definition) is 3. The minimum atomic E-state index is 0.582. The van der Waals surface area contributed by atoms with Crippen LogP contribution in [0.5, 0.6) is 0 Å². The van der Waals surface area contributed by atoms with Crippen molar-refractivity contribution in [3.63, 3.8) is 0 Å². The van der Waals surface area contributed by atoms with Gasteiger partial charge >= 0.3 is 0 Å². The lowest BCUT2D eigenvalue weighted by Crippen LogP contribution is -2.27. The number of hydrogen-bond donors (Lipinski definition) is 0. The maximum Gasteiger partial charge on any atom is 0.0386 e. The number of thiophene rings is 1. The standard InChI is InChI=1S/C10H14N4S/c11-13-12-5-6-14(9-3-4-9)8-10-2-1-7-15-10/h1-2,7,9H,3-6,8H2. The summed E-state index contributed by atoms with van der Waals surface area (Å²) >= 11 is 1.79. The Labute approximate surface area is 93.1 Å². The average molecular weight is 222 g/mol. The fourth-order valence-corrected chi connectivity index (χ4v) is 2.38. The van der Waals surface area contributed by atoms with Gasteiger partial charge in [0, 0.05) is 35.5 Å². The summed E-state index contributed by atoms with van der Waals surface area (Å²) in [5, 5.41) is 5.70. The molecule has 0 spiro atoms. The van der Waals surface area contributed by atoms with E-state index in [9.17, 15) is 0 Å². The van der Waals surface area contributed by atoms with Crippen LogP contribution >= 0.6 is 11.3 Å². The SMILES string of the molecule is [N-]=[N+]=NCCN(Cc1cccs1)C1CC1. The Bertz CT molecular complexity index is 338. The number of rotatable bonds is 6. The van der Waals surface area contributed by atoms with Crippen molar-refractivity contribution in [2.24, 2.45) is 5.11 Å². The normalized spacial score (nSPS) is 15.3. The van der Waals surface area contributed by atoms with E-state index in [-0.39, 0.29) is 0 Å². The van der Waals surface area contributed by atoms with Crippen LogP contribution in [-0.4, -0.2) is 24.0 Å². The Morgan fingerprint density at radius 2 is 2.47 bits per heavy atom. The second-order valence-electron chi connectivity index (χ2n) is 3.74. The highest BCUT2D eigenvalue weighted by molar-refractivity contribution is 7.09. The minimum absolute atomic E-state index is 0.582. The van der Waals surface area contributed by atoms with Crippen molar-refractivity contribution >= 4 is 11.3 Å². The van der Waals surface area contributed by atoms with Crippen molar-refractivity contribution in [2.75, 3.05) is 13.1 Å². The lowest BCUT2D eigenvalue weighted by Gasteiger charge is -2.19. The van der Waals surface area contributed by atoms with E-state index in [0.717, 1.165) is 19.1 Å². The van der Waals surface area contributed by atoms with Gasteiger partial charge in [0.2, 0.25) is 0 Å². The van der Waals surface area contributed by atoms with Crippen LogP contribution in [0.4, 0.5) is 0 Å². The topological polar surface area (TPSA) is 52.0 Å². The molecule has 1 heterocycles. The van der Waals surface area contributed by atoms with E-state index in [1.54, 1.807) is 11.3 Å². The molecule has 0 saturated heterocycles. The molecule has 1 aliphatic rings. The summed E-state index contributed by atoms with van der Waals surface area (Å²) in [6, 6.07) is 4.97. The molecular weight excluding hydrogens is 208 g/mol. The summed E-state index contributed by atoms with van der Waals surface area (Å²) in [6.45, 7) is 2.47. The van der Waals surface area contributed by atoms with Gasteiger partial charge in [-0.2, -0.15) is 0 Å². The van der Waals surface area contributed by atoms with Gasteiger partial charge in [-0.1, -0.05) is 11.2 Å². The van der Waals surface area contributed by atoms with E-state index < -0.39 is 0 Å². The fraction of sp³-hybridized carbons (Fsp3) is 0.600. The molecule has 0 aliphatic heterocycles. The van der Waals surface area contributed by atoms with Gasteiger partial charge in [0.05, 0.1) is 0 Å². The van der Waals surface area contributed by atoms with Crippen molar-refractivity contribution in [1.82, 2.24) is 4.90 Å². The van der Waals surface area contributed by atoms with E-state index in [2.05, 4.69) is 32.4 Å². The summed E-state index contributed by atoms with van der Waals surface area (Å²) in [5.41, 5.74) is 8.23. The van der Waals surface area contributed by atoms with Crippen LogP contribution < -0.4 is 0 Å². The summed E-state index contributed by atoms with van der Waals surface area (Å²) < 4.78 is 0. The molecular formula is C10H14N4S. The van der Waals surface area contributed by atoms with Crippen LogP contribution in [-0.2, 0) is 6.54 Å². The Kier molecular flexibility index (Phi) is 3.61. The quantitative estimate of drug-likeness (QED) is 0.414. The molecule has 1 aliphatic carbocycles. The van der Waals surface area contributed by atoms with Gasteiger partial charge < -0.3 is 0 Å². The summed E-state index contributed by atoms with van der Waals surface area (Å²) in [7, 11) is 0. The molecule has 0 aromatic carbocycles. The van der Waals surface area contributed by atoms with Crippen molar-refractivity contribution in [3.05, 3.63) is 32.8 Å². The number of nitrogens with zero attached hydrogens (tertiary/aromatic N) is 4. The van der Waals surface area contributed by atoms with Crippen LogP contribution in [0.2, 0.25) is 0 Å². The zero-order valence-corrected chi connectivity index (χ0v) is 9.36. The smallest absolute Gasteiger partial charge is 0.0386 e. The summed E-state index contributed by atoms with van der Waals surface area (Å²) in [6.07, 6.45) is 2.59. The van der Waals surface area contributed by atoms with Crippen LogP contribution in [0, 0.1) is 0 Å². The lowest BCUT2D eigenvalue weighted by molar-refractivity contribution is 0.264. The van der Waals surface area contributed by atoms with E-state index in [0.29, 0.717) is 6.54 Å². The predicted molar refractivity (Wildman–Crippen MR) is 61.8 cm³/mol. The largest absolute Gasteiger partial charge is 0.295 e. The molecule has 1 aromatic heterocycles. The first-order valence-corrected chi connectivity index (χ1v) is 6.05.